The number of halogens is 1. The number of aliphatic hydroxyl groups is 1. The number of aryl methyl sites for hydroxylation is 1. The van der Waals surface area contributed by atoms with Crippen LogP contribution in [0.1, 0.15) is 29.7 Å². The summed E-state index contributed by atoms with van der Waals surface area (Å²) >= 11 is 6.35. The van der Waals surface area contributed by atoms with Gasteiger partial charge in [-0.1, -0.05) is 54.9 Å². The molecule has 35 heavy (non-hydrogen) atoms. The van der Waals surface area contributed by atoms with Gasteiger partial charge in [-0.15, -0.1) is 0 Å². The Morgan fingerprint density at radius 3 is 2.23 bits per heavy atom. The molecule has 1 aliphatic heterocycles. The summed E-state index contributed by atoms with van der Waals surface area (Å²) in [4.78, 5) is 30.0. The van der Waals surface area contributed by atoms with Gasteiger partial charge in [0.25, 0.3) is 11.7 Å². The Morgan fingerprint density at radius 1 is 1.03 bits per heavy atom. The Balaban J connectivity index is 1.91. The van der Waals surface area contributed by atoms with Gasteiger partial charge in [0.1, 0.15) is 11.5 Å². The number of nitrogens with zero attached hydrogens (tertiary/aromatic N) is 2. The molecule has 1 aliphatic rings. The highest BCUT2D eigenvalue weighted by Crippen LogP contribution is 2.43. The van der Waals surface area contributed by atoms with E-state index in [0.717, 1.165) is 17.7 Å². The molecule has 0 aromatic heterocycles. The van der Waals surface area contributed by atoms with Gasteiger partial charge in [-0.25, -0.2) is 0 Å². The van der Waals surface area contributed by atoms with Gasteiger partial charge in [0.2, 0.25) is 0 Å². The fourth-order valence-electron chi connectivity index (χ4n) is 4.23. The van der Waals surface area contributed by atoms with Crippen LogP contribution >= 0.6 is 11.6 Å². The van der Waals surface area contributed by atoms with Crippen molar-refractivity contribution in [2.45, 2.75) is 19.4 Å². The smallest absolute Gasteiger partial charge is 0.300 e. The van der Waals surface area contributed by atoms with E-state index in [1.807, 2.05) is 62.3 Å². The SMILES string of the molecule is CCc1ccc(/C(O)=C2\C(=O)C(=O)N(c3ccc(OC)c(Cl)c3)C2c2ccc(N(C)C)cc2)cc1. The van der Waals surface area contributed by atoms with Crippen molar-refractivity contribution in [2.24, 2.45) is 0 Å². The summed E-state index contributed by atoms with van der Waals surface area (Å²) in [5.41, 5.74) is 3.69. The lowest BCUT2D eigenvalue weighted by atomic mass is 9.94. The van der Waals surface area contributed by atoms with Crippen molar-refractivity contribution < 1.29 is 19.4 Å². The minimum Gasteiger partial charge on any atom is -0.507 e. The number of rotatable bonds is 6. The molecule has 0 saturated carbocycles. The maximum absolute atomic E-state index is 13.3. The van der Waals surface area contributed by atoms with E-state index in [0.29, 0.717) is 27.6 Å². The number of hydrogen-bond acceptors (Lipinski definition) is 5. The second-order valence-electron chi connectivity index (χ2n) is 8.52. The lowest BCUT2D eigenvalue weighted by Crippen LogP contribution is -2.29. The third-order valence-electron chi connectivity index (χ3n) is 6.22. The highest BCUT2D eigenvalue weighted by atomic mass is 35.5. The molecule has 1 N–H and O–H groups in total. The zero-order chi connectivity index (χ0) is 25.3. The first-order valence-electron chi connectivity index (χ1n) is 11.3. The number of carbonyl (C=O) groups excluding carboxylic acids is 2. The second-order valence-corrected chi connectivity index (χ2v) is 8.93. The van der Waals surface area contributed by atoms with Crippen molar-refractivity contribution in [3.63, 3.8) is 0 Å². The number of aliphatic hydroxyl groups excluding tert-OH is 1. The van der Waals surface area contributed by atoms with Gasteiger partial charge in [0.05, 0.1) is 23.7 Å². The molecule has 1 fully saturated rings. The summed E-state index contributed by atoms with van der Waals surface area (Å²) < 4.78 is 5.24. The predicted molar refractivity (Wildman–Crippen MR) is 139 cm³/mol. The topological polar surface area (TPSA) is 70.1 Å². The minimum absolute atomic E-state index is 0.0313. The molecule has 0 aliphatic carbocycles. The normalized spacial score (nSPS) is 17.1. The summed E-state index contributed by atoms with van der Waals surface area (Å²) in [6.45, 7) is 2.04. The summed E-state index contributed by atoms with van der Waals surface area (Å²) in [7, 11) is 5.37. The minimum atomic E-state index is -0.832. The number of hydrogen-bond donors (Lipinski definition) is 1. The second kappa shape index (κ2) is 9.84. The fourth-order valence-corrected chi connectivity index (χ4v) is 4.48. The Labute approximate surface area is 210 Å². The van der Waals surface area contributed by atoms with E-state index in [1.54, 1.807) is 30.3 Å². The summed E-state index contributed by atoms with van der Waals surface area (Å²) in [6.07, 6.45) is 0.849. The molecule has 0 spiro atoms. The van der Waals surface area contributed by atoms with Crippen LogP contribution < -0.4 is 14.5 Å². The average molecular weight is 491 g/mol. The molecule has 1 unspecified atom stereocenters. The van der Waals surface area contributed by atoms with Crippen molar-refractivity contribution >= 4 is 40.4 Å². The van der Waals surface area contributed by atoms with Crippen molar-refractivity contribution in [3.8, 4) is 5.75 Å². The van der Waals surface area contributed by atoms with Gasteiger partial charge < -0.3 is 14.7 Å². The van der Waals surface area contributed by atoms with Crippen molar-refractivity contribution in [3.05, 3.63) is 94.0 Å². The number of Topliss-reactive ketones (excluding diaryl/α,β-unsaturated/α-hetero) is 1. The van der Waals surface area contributed by atoms with Crippen LogP contribution in [0, 0.1) is 0 Å². The molecular formula is C28H27ClN2O4. The molecule has 1 saturated heterocycles. The van der Waals surface area contributed by atoms with E-state index in [-0.39, 0.29) is 11.3 Å². The zero-order valence-electron chi connectivity index (χ0n) is 20.1. The molecule has 6 nitrogen and oxygen atoms in total. The number of carbonyl (C=O) groups is 2. The van der Waals surface area contributed by atoms with Gasteiger partial charge in [-0.3, -0.25) is 14.5 Å². The highest BCUT2D eigenvalue weighted by Gasteiger charge is 2.47. The van der Waals surface area contributed by atoms with Crippen molar-refractivity contribution in [2.75, 3.05) is 31.0 Å². The van der Waals surface area contributed by atoms with Crippen molar-refractivity contribution in [1.29, 1.82) is 0 Å². The molecule has 1 amide bonds. The van der Waals surface area contributed by atoms with E-state index in [9.17, 15) is 14.7 Å². The van der Waals surface area contributed by atoms with E-state index in [1.165, 1.54) is 12.0 Å². The molecule has 0 radical (unpaired) electrons. The average Bonchev–Trinajstić information content (AvgIpc) is 3.13. The first-order valence-corrected chi connectivity index (χ1v) is 11.7. The van der Waals surface area contributed by atoms with E-state index in [2.05, 4.69) is 0 Å². The van der Waals surface area contributed by atoms with E-state index >= 15 is 0 Å². The lowest BCUT2D eigenvalue weighted by molar-refractivity contribution is -0.132. The molecule has 1 atom stereocenters. The zero-order valence-corrected chi connectivity index (χ0v) is 20.8. The standard InChI is InChI=1S/C28H27ClN2O4/c1-5-17-6-8-19(9-7-17)26(32)24-25(18-10-12-20(13-11-18)30(2)3)31(28(34)27(24)33)21-14-15-23(35-4)22(29)16-21/h6-16,25,32H,5H2,1-4H3/b26-24+. The van der Waals surface area contributed by atoms with Gasteiger partial charge in [-0.2, -0.15) is 0 Å². The van der Waals surface area contributed by atoms with E-state index in [4.69, 9.17) is 16.3 Å². The van der Waals surface area contributed by atoms with Gasteiger partial charge in [0, 0.05) is 31.0 Å². The molecule has 0 bridgehead atoms. The Morgan fingerprint density at radius 2 is 1.69 bits per heavy atom. The third-order valence-corrected chi connectivity index (χ3v) is 6.51. The molecule has 3 aromatic carbocycles. The first-order chi connectivity index (χ1) is 16.8. The quantitative estimate of drug-likeness (QED) is 0.276. The lowest BCUT2D eigenvalue weighted by Gasteiger charge is -2.26. The number of amides is 1. The summed E-state index contributed by atoms with van der Waals surface area (Å²) in [5.74, 6) is -1.25. The van der Waals surface area contributed by atoms with Crippen LogP contribution in [0.3, 0.4) is 0 Å². The van der Waals surface area contributed by atoms with Gasteiger partial charge in [-0.05, 0) is 47.9 Å². The van der Waals surface area contributed by atoms with E-state index < -0.39 is 17.7 Å². The van der Waals surface area contributed by atoms with Crippen LogP contribution in [-0.2, 0) is 16.0 Å². The number of ketones is 1. The van der Waals surface area contributed by atoms with Gasteiger partial charge in [0.15, 0.2) is 0 Å². The Hall–Kier alpha value is -3.77. The number of methoxy groups -OCH3 is 1. The molecular weight excluding hydrogens is 464 g/mol. The molecule has 180 valence electrons. The van der Waals surface area contributed by atoms with Crippen LogP contribution in [0.4, 0.5) is 11.4 Å². The fraction of sp³-hybridized carbons (Fsp3) is 0.214. The maximum Gasteiger partial charge on any atom is 0.300 e. The Bertz CT molecular complexity index is 1300. The van der Waals surface area contributed by atoms with Crippen LogP contribution in [0.5, 0.6) is 5.75 Å². The number of ether oxygens (including phenoxy) is 1. The first kappa shape index (κ1) is 24.4. The number of benzene rings is 3. The molecule has 4 rings (SSSR count). The third kappa shape index (κ3) is 4.49. The molecule has 3 aromatic rings. The largest absolute Gasteiger partial charge is 0.507 e. The summed E-state index contributed by atoms with van der Waals surface area (Å²) in [5, 5.41) is 11.6. The highest BCUT2D eigenvalue weighted by molar-refractivity contribution is 6.51. The van der Waals surface area contributed by atoms with Crippen LogP contribution in [-0.4, -0.2) is 38.0 Å². The van der Waals surface area contributed by atoms with Crippen LogP contribution in [0.2, 0.25) is 5.02 Å². The van der Waals surface area contributed by atoms with Crippen molar-refractivity contribution in [1.82, 2.24) is 0 Å². The van der Waals surface area contributed by atoms with Crippen LogP contribution in [0.25, 0.3) is 5.76 Å². The predicted octanol–water partition coefficient (Wildman–Crippen LogP) is 5.60. The maximum atomic E-state index is 13.3. The Kier molecular flexibility index (Phi) is 6.85. The monoisotopic (exact) mass is 490 g/mol. The molecule has 1 heterocycles. The van der Waals surface area contributed by atoms with Gasteiger partial charge >= 0.3 is 0 Å². The van der Waals surface area contributed by atoms with Crippen LogP contribution in [0.15, 0.2) is 72.3 Å². The number of anilines is 2. The molecule has 7 heteroatoms. The summed E-state index contributed by atoms with van der Waals surface area (Å²) in [6, 6.07) is 18.9.